The molecule has 0 bridgehead atoms. The number of nitrogens with zero attached hydrogens (tertiary/aromatic N) is 1. The van der Waals surface area contributed by atoms with Gasteiger partial charge in [-0.05, 0) is 37.1 Å². The molecule has 5 nitrogen and oxygen atoms in total. The zero-order chi connectivity index (χ0) is 17.7. The molecule has 1 unspecified atom stereocenters. The predicted molar refractivity (Wildman–Crippen MR) is 100.0 cm³/mol. The first kappa shape index (κ1) is 16.8. The highest BCUT2D eigenvalue weighted by Crippen LogP contribution is 2.42. The van der Waals surface area contributed by atoms with E-state index >= 15 is 0 Å². The summed E-state index contributed by atoms with van der Waals surface area (Å²) in [5.41, 5.74) is 0.876. The summed E-state index contributed by atoms with van der Waals surface area (Å²) in [5.74, 6) is 0.772. The second-order valence-electron chi connectivity index (χ2n) is 8.59. The highest BCUT2D eigenvalue weighted by atomic mass is 32.1. The number of quaternary nitrogens is 1. The van der Waals surface area contributed by atoms with Crippen LogP contribution in [0.5, 0.6) is 0 Å². The lowest BCUT2D eigenvalue weighted by Gasteiger charge is -2.35. The molecular weight excluding hydrogens is 346 g/mol. The Kier molecular flexibility index (Phi) is 4.09. The quantitative estimate of drug-likeness (QED) is 0.798. The predicted octanol–water partition coefficient (Wildman–Crippen LogP) is 2.24. The number of nitrogens with one attached hydrogen (secondary N) is 2. The largest absolute Gasteiger partial charge is 0.329 e. The van der Waals surface area contributed by atoms with Crippen LogP contribution in [0.15, 0.2) is 11.4 Å². The molecule has 2 aliphatic carbocycles. The van der Waals surface area contributed by atoms with Crippen molar-refractivity contribution in [2.75, 3.05) is 13.2 Å². The molecule has 140 valence electrons. The number of thiophene rings is 1. The third kappa shape index (κ3) is 2.69. The summed E-state index contributed by atoms with van der Waals surface area (Å²) in [6.45, 7) is 1.56. The van der Waals surface area contributed by atoms with Gasteiger partial charge in [0.1, 0.15) is 11.6 Å². The van der Waals surface area contributed by atoms with Gasteiger partial charge in [0.2, 0.25) is 0 Å². The molecule has 2 saturated carbocycles. The van der Waals surface area contributed by atoms with Crippen LogP contribution in [0.3, 0.4) is 0 Å². The van der Waals surface area contributed by atoms with Crippen LogP contribution in [0, 0.1) is 5.92 Å². The zero-order valence-electron chi connectivity index (χ0n) is 15.3. The minimum absolute atomic E-state index is 0.0440. The molecule has 5 rings (SSSR count). The van der Waals surface area contributed by atoms with Crippen LogP contribution in [0.25, 0.3) is 0 Å². The fourth-order valence-electron chi connectivity index (χ4n) is 5.37. The van der Waals surface area contributed by atoms with Gasteiger partial charge >= 0.3 is 6.03 Å². The molecule has 0 aromatic carbocycles. The monoisotopic (exact) mass is 374 g/mol. The number of imide groups is 1. The van der Waals surface area contributed by atoms with Gasteiger partial charge in [0.25, 0.3) is 5.91 Å². The van der Waals surface area contributed by atoms with Crippen LogP contribution in [-0.2, 0) is 11.2 Å². The highest BCUT2D eigenvalue weighted by molar-refractivity contribution is 7.10. The van der Waals surface area contributed by atoms with Crippen LogP contribution >= 0.6 is 11.3 Å². The van der Waals surface area contributed by atoms with Crippen molar-refractivity contribution in [1.29, 1.82) is 0 Å². The van der Waals surface area contributed by atoms with E-state index in [-0.39, 0.29) is 11.9 Å². The summed E-state index contributed by atoms with van der Waals surface area (Å²) in [6.07, 6.45) is 9.69. The molecule has 6 heteroatoms. The number of carbonyl (C=O) groups excluding carboxylic acids is 2. The Balaban J connectivity index is 1.37. The number of hydrogen-bond donors (Lipinski definition) is 2. The van der Waals surface area contributed by atoms with Crippen molar-refractivity contribution in [3.05, 3.63) is 21.9 Å². The minimum Gasteiger partial charge on any atom is -0.323 e. The molecule has 2 aliphatic heterocycles. The second kappa shape index (κ2) is 6.34. The van der Waals surface area contributed by atoms with Crippen LogP contribution in [0.2, 0.25) is 0 Å². The summed E-state index contributed by atoms with van der Waals surface area (Å²) in [7, 11) is 0. The number of fused-ring (bicyclic) bond motifs is 1. The number of carbonyl (C=O) groups is 2. The topological polar surface area (TPSA) is 53.9 Å². The Morgan fingerprint density at radius 1 is 1.19 bits per heavy atom. The van der Waals surface area contributed by atoms with Crippen LogP contribution in [-0.4, -0.2) is 35.6 Å². The van der Waals surface area contributed by atoms with E-state index in [1.54, 1.807) is 4.90 Å². The van der Waals surface area contributed by atoms with Crippen LogP contribution in [0.1, 0.15) is 67.8 Å². The molecule has 1 aromatic heterocycles. The molecule has 4 aliphatic rings. The lowest BCUT2D eigenvalue weighted by atomic mass is 9.90. The van der Waals surface area contributed by atoms with Gasteiger partial charge in [0, 0.05) is 22.8 Å². The van der Waals surface area contributed by atoms with Crippen molar-refractivity contribution in [1.82, 2.24) is 10.2 Å². The lowest BCUT2D eigenvalue weighted by molar-refractivity contribution is -0.943. The molecule has 3 heterocycles. The summed E-state index contributed by atoms with van der Waals surface area (Å²) in [6, 6.07) is 2.59. The van der Waals surface area contributed by atoms with Crippen molar-refractivity contribution in [3.63, 3.8) is 0 Å². The smallest absolute Gasteiger partial charge is 0.323 e. The van der Waals surface area contributed by atoms with E-state index < -0.39 is 5.54 Å². The van der Waals surface area contributed by atoms with Gasteiger partial charge in [-0.1, -0.05) is 25.7 Å². The normalized spacial score (nSPS) is 31.0. The standard InChI is InChI=1S/C20H27N3O2S/c24-18-20(9-3-1-2-4-10-20)21-19(25)23(18)13-22-11-7-16-15(8-12-26-16)17(22)14-5-6-14/h8,12,14,17H,1-7,9-11,13H2,(H,21,25)/p+1/t17-/m1/s1. The molecule has 3 fully saturated rings. The number of amides is 3. The molecule has 2 atom stereocenters. The molecule has 1 aromatic rings. The van der Waals surface area contributed by atoms with Crippen molar-refractivity contribution in [2.45, 2.75) is 69.4 Å². The van der Waals surface area contributed by atoms with Gasteiger partial charge in [0.15, 0.2) is 6.67 Å². The lowest BCUT2D eigenvalue weighted by Crippen LogP contribution is -3.15. The maximum atomic E-state index is 13.2. The first-order chi connectivity index (χ1) is 12.7. The van der Waals surface area contributed by atoms with E-state index in [2.05, 4.69) is 16.8 Å². The molecule has 1 saturated heterocycles. The molecule has 2 N–H and O–H groups in total. The van der Waals surface area contributed by atoms with Gasteiger partial charge in [0.05, 0.1) is 6.54 Å². The van der Waals surface area contributed by atoms with Crippen LogP contribution < -0.4 is 10.2 Å². The maximum Gasteiger partial charge on any atom is 0.329 e. The Labute approximate surface area is 158 Å². The van der Waals surface area contributed by atoms with Gasteiger partial charge in [-0.2, -0.15) is 0 Å². The summed E-state index contributed by atoms with van der Waals surface area (Å²) < 4.78 is 0. The van der Waals surface area contributed by atoms with Gasteiger partial charge < -0.3 is 10.2 Å². The molecule has 0 radical (unpaired) electrons. The SMILES string of the molecule is O=C1NC2(CCCCCC2)C(=O)N1C[NH+]1CCc2sccc2[C@H]1C1CC1. The fraction of sp³-hybridized carbons (Fsp3) is 0.700. The van der Waals surface area contributed by atoms with E-state index in [9.17, 15) is 9.59 Å². The third-order valence-electron chi connectivity index (χ3n) is 6.89. The molecule has 1 spiro atoms. The third-order valence-corrected chi connectivity index (χ3v) is 7.88. The summed E-state index contributed by atoms with van der Waals surface area (Å²) in [5, 5.41) is 5.30. The average molecular weight is 375 g/mol. The maximum absolute atomic E-state index is 13.2. The highest BCUT2D eigenvalue weighted by Gasteiger charge is 2.53. The Morgan fingerprint density at radius 3 is 2.69 bits per heavy atom. The fourth-order valence-corrected chi connectivity index (χ4v) is 6.30. The number of hydrogen-bond acceptors (Lipinski definition) is 3. The van der Waals surface area contributed by atoms with Crippen molar-refractivity contribution in [2.24, 2.45) is 5.92 Å². The second-order valence-corrected chi connectivity index (χ2v) is 9.59. The van der Waals surface area contributed by atoms with Gasteiger partial charge in [-0.25, -0.2) is 9.69 Å². The van der Waals surface area contributed by atoms with E-state index in [4.69, 9.17) is 0 Å². The number of urea groups is 1. The minimum atomic E-state index is -0.606. The summed E-state index contributed by atoms with van der Waals surface area (Å²) >= 11 is 1.87. The Hall–Kier alpha value is -1.40. The van der Waals surface area contributed by atoms with E-state index in [0.717, 1.165) is 44.6 Å². The van der Waals surface area contributed by atoms with E-state index in [0.29, 0.717) is 12.7 Å². The molecule has 3 amide bonds. The van der Waals surface area contributed by atoms with Gasteiger partial charge in [-0.15, -0.1) is 11.3 Å². The first-order valence-electron chi connectivity index (χ1n) is 10.2. The Bertz CT molecular complexity index is 718. The van der Waals surface area contributed by atoms with E-state index in [1.165, 1.54) is 41.0 Å². The average Bonchev–Trinajstić information content (AvgIpc) is 3.36. The zero-order valence-corrected chi connectivity index (χ0v) is 16.1. The van der Waals surface area contributed by atoms with Gasteiger partial charge in [-0.3, -0.25) is 4.79 Å². The van der Waals surface area contributed by atoms with Crippen LogP contribution in [0.4, 0.5) is 4.79 Å². The molecular formula is C20H28N3O2S+. The summed E-state index contributed by atoms with van der Waals surface area (Å²) in [4.78, 5) is 30.4. The first-order valence-corrected chi connectivity index (χ1v) is 11.1. The van der Waals surface area contributed by atoms with Crippen molar-refractivity contribution < 1.29 is 14.5 Å². The number of rotatable bonds is 3. The van der Waals surface area contributed by atoms with Crippen molar-refractivity contribution >= 4 is 23.3 Å². The van der Waals surface area contributed by atoms with Crippen molar-refractivity contribution in [3.8, 4) is 0 Å². The van der Waals surface area contributed by atoms with E-state index in [1.807, 2.05) is 11.3 Å². The Morgan fingerprint density at radius 2 is 1.96 bits per heavy atom. The molecule has 26 heavy (non-hydrogen) atoms.